The second kappa shape index (κ2) is 7.71. The van der Waals surface area contributed by atoms with Gasteiger partial charge in [-0.15, -0.1) is 4.99 Å². The lowest BCUT2D eigenvalue weighted by molar-refractivity contribution is -0.385. The Morgan fingerprint density at radius 2 is 2.03 bits per heavy atom. The molecule has 2 saturated heterocycles. The first-order chi connectivity index (χ1) is 14.2. The molecule has 0 saturated carbocycles. The fraction of sp³-hybridized carbons (Fsp3) is 0.556. The largest absolute Gasteiger partial charge is 0.442 e. The molecule has 2 aliphatic rings. The standard InChI is InChI=1S/C18H23FN4O7S/c1-9-15-13(14(29-9)11-8-10(23(25)26)6-7-12(11)19)20-16(22(5)31(15,27)28)21-17(24)30-18(2,3)4/h6-9,13-15H,1-5H3,(H,20,21,24)/t9-,13-,14-,15+/m0/s1. The third kappa shape index (κ3) is 4.32. The number of guanidine groups is 1. The zero-order valence-electron chi connectivity index (χ0n) is 17.5. The highest BCUT2D eigenvalue weighted by molar-refractivity contribution is 7.90. The quantitative estimate of drug-likeness (QED) is 0.525. The number of rotatable bonds is 2. The van der Waals surface area contributed by atoms with Crippen LogP contribution in [0.4, 0.5) is 14.9 Å². The van der Waals surface area contributed by atoms with Crippen LogP contribution >= 0.6 is 0 Å². The van der Waals surface area contributed by atoms with Crippen LogP contribution in [-0.2, 0) is 19.5 Å². The SMILES string of the molecule is C[C@@H]1O[C@@H](c2cc([N+](=O)[O-])ccc2F)[C@@H]2N/C(=N/C(=O)OC(C)(C)C)N(C)S(=O)(=O)[C@@H]21. The molecular formula is C18H23FN4O7S. The van der Waals surface area contributed by atoms with Crippen LogP contribution in [0.3, 0.4) is 0 Å². The third-order valence-corrected chi connectivity index (χ3v) is 7.21. The average Bonchev–Trinajstić information content (AvgIpc) is 2.95. The van der Waals surface area contributed by atoms with Gasteiger partial charge in [0.05, 0.1) is 17.1 Å². The number of halogens is 1. The van der Waals surface area contributed by atoms with Crippen LogP contribution in [-0.4, -0.2) is 59.7 Å². The van der Waals surface area contributed by atoms with Gasteiger partial charge in [-0.1, -0.05) is 0 Å². The van der Waals surface area contributed by atoms with Gasteiger partial charge in [-0.3, -0.25) is 10.1 Å². The molecule has 2 heterocycles. The zero-order valence-corrected chi connectivity index (χ0v) is 18.3. The first kappa shape index (κ1) is 22.9. The number of amides is 1. The Kier molecular flexibility index (Phi) is 5.69. The van der Waals surface area contributed by atoms with Gasteiger partial charge in [-0.2, -0.15) is 0 Å². The topological polar surface area (TPSA) is 140 Å². The summed E-state index contributed by atoms with van der Waals surface area (Å²) in [6.45, 7) is 6.40. The van der Waals surface area contributed by atoms with Crippen molar-refractivity contribution >= 4 is 27.8 Å². The third-order valence-electron chi connectivity index (χ3n) is 4.91. The number of nitrogens with zero attached hydrogens (tertiary/aromatic N) is 3. The molecule has 0 aromatic heterocycles. The second-order valence-electron chi connectivity index (χ2n) is 8.29. The Bertz CT molecular complexity index is 1050. The van der Waals surface area contributed by atoms with Crippen LogP contribution in [0.25, 0.3) is 0 Å². The molecule has 0 aliphatic carbocycles. The molecule has 1 amide bonds. The fourth-order valence-corrected chi connectivity index (χ4v) is 5.42. The average molecular weight is 458 g/mol. The summed E-state index contributed by atoms with van der Waals surface area (Å²) in [7, 11) is -2.84. The Labute approximate surface area is 178 Å². The molecule has 2 fully saturated rings. The summed E-state index contributed by atoms with van der Waals surface area (Å²) in [6, 6.07) is 1.89. The Hall–Kier alpha value is -2.80. The summed E-state index contributed by atoms with van der Waals surface area (Å²) in [5.74, 6) is -1.10. The van der Waals surface area contributed by atoms with E-state index in [2.05, 4.69) is 10.3 Å². The minimum Gasteiger partial charge on any atom is -0.442 e. The van der Waals surface area contributed by atoms with E-state index in [4.69, 9.17) is 9.47 Å². The molecule has 4 atom stereocenters. The molecule has 0 spiro atoms. The summed E-state index contributed by atoms with van der Waals surface area (Å²) in [5.41, 5.74) is -1.39. The summed E-state index contributed by atoms with van der Waals surface area (Å²) in [5, 5.41) is 12.8. The molecule has 3 rings (SSSR count). The van der Waals surface area contributed by atoms with Gasteiger partial charge in [-0.25, -0.2) is 21.9 Å². The maximum Gasteiger partial charge on any atom is 0.437 e. The lowest BCUT2D eigenvalue weighted by Gasteiger charge is -2.37. The molecule has 0 unspecified atom stereocenters. The molecule has 11 nitrogen and oxygen atoms in total. The van der Waals surface area contributed by atoms with Crippen molar-refractivity contribution in [3.05, 3.63) is 39.7 Å². The minimum atomic E-state index is -4.06. The van der Waals surface area contributed by atoms with E-state index in [9.17, 15) is 27.7 Å². The first-order valence-corrected chi connectivity index (χ1v) is 10.9. The van der Waals surface area contributed by atoms with Crippen molar-refractivity contribution in [1.29, 1.82) is 0 Å². The van der Waals surface area contributed by atoms with Crippen molar-refractivity contribution in [2.75, 3.05) is 7.05 Å². The van der Waals surface area contributed by atoms with Gasteiger partial charge in [0.15, 0.2) is 0 Å². The van der Waals surface area contributed by atoms with Gasteiger partial charge in [0, 0.05) is 24.7 Å². The smallest absolute Gasteiger partial charge is 0.437 e. The number of carbonyl (C=O) groups is 1. The van der Waals surface area contributed by atoms with E-state index in [1.54, 1.807) is 20.8 Å². The van der Waals surface area contributed by atoms with Crippen LogP contribution in [0.15, 0.2) is 23.2 Å². The number of carbonyl (C=O) groups excluding carboxylic acids is 1. The number of aliphatic imine (C=N–C) groups is 1. The number of hydrogen-bond acceptors (Lipinski definition) is 7. The van der Waals surface area contributed by atoms with E-state index >= 15 is 0 Å². The van der Waals surface area contributed by atoms with E-state index < -0.39 is 56.0 Å². The van der Waals surface area contributed by atoms with Crippen LogP contribution in [0, 0.1) is 15.9 Å². The number of hydrogen-bond donors (Lipinski definition) is 1. The molecule has 1 aromatic carbocycles. The molecule has 1 N–H and O–H groups in total. The van der Waals surface area contributed by atoms with Gasteiger partial charge in [0.1, 0.15) is 22.8 Å². The number of benzene rings is 1. The maximum absolute atomic E-state index is 14.5. The normalized spacial score (nSPS) is 28.7. The predicted molar refractivity (Wildman–Crippen MR) is 107 cm³/mol. The van der Waals surface area contributed by atoms with E-state index in [1.165, 1.54) is 14.0 Å². The number of ether oxygens (including phenoxy) is 2. The number of non-ortho nitro benzene ring substituents is 1. The number of nitrogens with one attached hydrogen (secondary N) is 1. The highest BCUT2D eigenvalue weighted by Crippen LogP contribution is 2.41. The second-order valence-corrected chi connectivity index (χ2v) is 10.4. The lowest BCUT2D eigenvalue weighted by Crippen LogP contribution is -2.62. The van der Waals surface area contributed by atoms with Gasteiger partial charge < -0.3 is 14.8 Å². The number of nitro groups is 1. The van der Waals surface area contributed by atoms with Gasteiger partial charge >= 0.3 is 6.09 Å². The highest BCUT2D eigenvalue weighted by atomic mass is 32.2. The van der Waals surface area contributed by atoms with Crippen LogP contribution < -0.4 is 5.32 Å². The molecule has 0 bridgehead atoms. The summed E-state index contributed by atoms with van der Waals surface area (Å²) < 4.78 is 52.4. The van der Waals surface area contributed by atoms with Crippen molar-refractivity contribution in [3.63, 3.8) is 0 Å². The van der Waals surface area contributed by atoms with Crippen LogP contribution in [0.2, 0.25) is 0 Å². The van der Waals surface area contributed by atoms with Gasteiger partial charge in [0.2, 0.25) is 16.0 Å². The van der Waals surface area contributed by atoms with Crippen molar-refractivity contribution < 1.29 is 32.0 Å². The van der Waals surface area contributed by atoms with E-state index in [0.717, 1.165) is 22.5 Å². The fourth-order valence-electron chi connectivity index (χ4n) is 3.59. The summed E-state index contributed by atoms with van der Waals surface area (Å²) in [6.07, 6.45) is -3.05. The maximum atomic E-state index is 14.5. The molecule has 2 aliphatic heterocycles. The monoisotopic (exact) mass is 458 g/mol. The number of fused-ring (bicyclic) bond motifs is 1. The van der Waals surface area contributed by atoms with E-state index in [1.807, 2.05) is 0 Å². The van der Waals surface area contributed by atoms with E-state index in [-0.39, 0.29) is 17.2 Å². The minimum absolute atomic E-state index is 0.169. The Morgan fingerprint density at radius 1 is 1.39 bits per heavy atom. The summed E-state index contributed by atoms with van der Waals surface area (Å²) in [4.78, 5) is 26.3. The highest BCUT2D eigenvalue weighted by Gasteiger charge is 2.56. The number of sulfonamides is 1. The van der Waals surface area contributed by atoms with Gasteiger partial charge in [-0.05, 0) is 33.8 Å². The van der Waals surface area contributed by atoms with Crippen molar-refractivity contribution in [2.45, 2.75) is 56.8 Å². The van der Waals surface area contributed by atoms with Crippen LogP contribution in [0.5, 0.6) is 0 Å². The van der Waals surface area contributed by atoms with E-state index in [0.29, 0.717) is 0 Å². The Morgan fingerprint density at radius 3 is 2.61 bits per heavy atom. The number of nitro benzene ring substituents is 1. The van der Waals surface area contributed by atoms with Gasteiger partial charge in [0.25, 0.3) is 5.69 Å². The summed E-state index contributed by atoms with van der Waals surface area (Å²) >= 11 is 0. The van der Waals surface area contributed by atoms with Crippen LogP contribution in [0.1, 0.15) is 39.4 Å². The molecule has 170 valence electrons. The van der Waals surface area contributed by atoms with Crippen molar-refractivity contribution in [3.8, 4) is 0 Å². The molecule has 13 heteroatoms. The van der Waals surface area contributed by atoms with Crippen molar-refractivity contribution in [1.82, 2.24) is 9.62 Å². The predicted octanol–water partition coefficient (Wildman–Crippen LogP) is 2.09. The molecular weight excluding hydrogens is 435 g/mol. The van der Waals surface area contributed by atoms with Crippen molar-refractivity contribution in [2.24, 2.45) is 4.99 Å². The zero-order chi connectivity index (χ0) is 23.3. The molecule has 0 radical (unpaired) electrons. The lowest BCUT2D eigenvalue weighted by atomic mass is 9.99. The first-order valence-electron chi connectivity index (χ1n) is 9.37. The Balaban J connectivity index is 2.03. The molecule has 31 heavy (non-hydrogen) atoms. The molecule has 1 aromatic rings.